The monoisotopic (exact) mass is 350 g/mol. The van der Waals surface area contributed by atoms with Gasteiger partial charge in [-0.3, -0.25) is 23.5 Å². The van der Waals surface area contributed by atoms with Crippen LogP contribution in [0, 0.1) is 5.41 Å². The van der Waals surface area contributed by atoms with Gasteiger partial charge in [-0.15, -0.1) is 0 Å². The Kier molecular flexibility index (Phi) is 5.63. The fourth-order valence-electron chi connectivity index (χ4n) is 1.81. The molecule has 1 atom stereocenters. The molecule has 0 aromatic rings. The van der Waals surface area contributed by atoms with Gasteiger partial charge >= 0.3 is 25.5 Å². The van der Waals surface area contributed by atoms with Gasteiger partial charge in [-0.05, 0) is 0 Å². The summed E-state index contributed by atoms with van der Waals surface area (Å²) in [4.78, 5) is 47.0. The summed E-state index contributed by atoms with van der Waals surface area (Å²) in [5, 5.41) is 26.2. The van der Waals surface area contributed by atoms with E-state index in [-0.39, 0.29) is 0 Å². The Bertz CT molecular complexity index is 583. The predicted octanol–water partition coefficient (Wildman–Crippen LogP) is -1.60. The van der Waals surface area contributed by atoms with E-state index in [0.717, 1.165) is 0 Å². The van der Waals surface area contributed by atoms with Crippen molar-refractivity contribution in [1.82, 2.24) is 0 Å². The van der Waals surface area contributed by atoms with Crippen LogP contribution < -0.4 is 0 Å². The van der Waals surface area contributed by atoms with E-state index in [1.165, 1.54) is 0 Å². The number of carboxylic acids is 3. The molecule has 0 saturated carbocycles. The maximum Gasteiger partial charge on any atom is 0.347 e. The second kappa shape index (κ2) is 6.07. The third-order valence-corrected chi connectivity index (χ3v) is 6.16. The van der Waals surface area contributed by atoms with E-state index < -0.39 is 58.9 Å². The highest BCUT2D eigenvalue weighted by Gasteiger charge is 2.62. The van der Waals surface area contributed by atoms with E-state index >= 15 is 0 Å². The molecule has 0 saturated heterocycles. The SMILES string of the molecule is O=C(O)CC(CC(=O)O)(C(=O)O)C(P(=O)(O)O)S(=O)(=O)O. The van der Waals surface area contributed by atoms with Gasteiger partial charge in [-0.2, -0.15) is 8.42 Å². The van der Waals surface area contributed by atoms with E-state index in [9.17, 15) is 27.4 Å². The first kappa shape index (κ1) is 19.5. The van der Waals surface area contributed by atoms with Gasteiger partial charge in [0.25, 0.3) is 10.1 Å². The number of rotatable bonds is 8. The molecule has 0 radical (unpaired) electrons. The molecule has 12 nitrogen and oxygen atoms in total. The highest BCUT2D eigenvalue weighted by Crippen LogP contribution is 2.55. The molecule has 0 fully saturated rings. The fourth-order valence-corrected chi connectivity index (χ4v) is 4.98. The number of carboxylic acid groups (broad SMARTS) is 3. The number of hydrogen-bond acceptors (Lipinski definition) is 6. The standard InChI is InChI=1S/C7H11O12PS/c8-3(9)1-7(5(12)13,2-4(10)11)6(20(14,15)16)21(17,18)19/h6H,1-2H2,(H,8,9)(H,10,11)(H,12,13)(H2,14,15,16)(H,17,18,19). The molecule has 6 N–H and O–H groups in total. The van der Waals surface area contributed by atoms with E-state index in [0.29, 0.717) is 0 Å². The smallest absolute Gasteiger partial charge is 0.347 e. The Morgan fingerprint density at radius 1 is 1.00 bits per heavy atom. The van der Waals surface area contributed by atoms with Crippen molar-refractivity contribution in [3.8, 4) is 0 Å². The zero-order chi connectivity index (χ0) is 17.2. The molecule has 14 heteroatoms. The summed E-state index contributed by atoms with van der Waals surface area (Å²) in [6, 6.07) is 0. The molecule has 0 bridgehead atoms. The van der Waals surface area contributed by atoms with E-state index in [1.807, 2.05) is 0 Å². The first-order valence-corrected chi connectivity index (χ1v) is 8.01. The van der Waals surface area contributed by atoms with Gasteiger partial charge in [-0.25, -0.2) is 0 Å². The minimum absolute atomic E-state index is 1.75. The summed E-state index contributed by atoms with van der Waals surface area (Å²) in [7, 11) is -11.7. The van der Waals surface area contributed by atoms with Crippen molar-refractivity contribution in [2.45, 2.75) is 17.8 Å². The van der Waals surface area contributed by atoms with Crippen LogP contribution in [0.4, 0.5) is 0 Å². The molecule has 0 heterocycles. The molecule has 0 aromatic heterocycles. The molecule has 0 aliphatic carbocycles. The number of carbonyl (C=O) groups is 3. The number of aliphatic carboxylic acids is 3. The summed E-state index contributed by atoms with van der Waals surface area (Å²) in [6.07, 6.45) is -3.49. The molecule has 122 valence electrons. The third-order valence-electron chi connectivity index (χ3n) is 2.42. The van der Waals surface area contributed by atoms with Gasteiger partial charge in [0.1, 0.15) is 5.41 Å². The first-order valence-electron chi connectivity index (χ1n) is 4.83. The van der Waals surface area contributed by atoms with Crippen molar-refractivity contribution in [1.29, 1.82) is 0 Å². The maximum atomic E-state index is 11.2. The Balaban J connectivity index is 6.54. The average Bonchev–Trinajstić information content (AvgIpc) is 2.08. The summed E-state index contributed by atoms with van der Waals surface area (Å²) in [5.74, 6) is -6.46. The number of hydrogen-bond donors (Lipinski definition) is 6. The molecule has 0 aliphatic rings. The van der Waals surface area contributed by atoms with Crippen LogP contribution in [0.5, 0.6) is 0 Å². The predicted molar refractivity (Wildman–Crippen MR) is 62.0 cm³/mol. The van der Waals surface area contributed by atoms with E-state index in [4.69, 9.17) is 29.7 Å². The van der Waals surface area contributed by atoms with Gasteiger partial charge in [-0.1, -0.05) is 0 Å². The zero-order valence-corrected chi connectivity index (χ0v) is 11.7. The Hall–Kier alpha value is -1.53. The average molecular weight is 350 g/mol. The lowest BCUT2D eigenvalue weighted by atomic mass is 9.83. The van der Waals surface area contributed by atoms with Crippen LogP contribution in [-0.2, 0) is 29.1 Å². The molecule has 1 unspecified atom stereocenters. The summed E-state index contributed by atoms with van der Waals surface area (Å²) in [5.41, 5.74) is -3.45. The summed E-state index contributed by atoms with van der Waals surface area (Å²) < 4.78 is 42.3. The molecular formula is C7H11O12PS. The second-order valence-electron chi connectivity index (χ2n) is 4.06. The zero-order valence-electron chi connectivity index (χ0n) is 9.98. The van der Waals surface area contributed by atoms with Crippen LogP contribution in [0.2, 0.25) is 0 Å². The third kappa shape index (κ3) is 4.75. The molecule has 0 aliphatic heterocycles. The lowest BCUT2D eigenvalue weighted by Crippen LogP contribution is -2.49. The van der Waals surface area contributed by atoms with Crippen LogP contribution in [0.25, 0.3) is 0 Å². The van der Waals surface area contributed by atoms with E-state index in [1.54, 1.807) is 0 Å². The molecule has 0 aromatic carbocycles. The molecule has 0 rings (SSSR count). The largest absolute Gasteiger partial charge is 0.481 e. The summed E-state index contributed by atoms with van der Waals surface area (Å²) in [6.45, 7) is 0. The fraction of sp³-hybridized carbons (Fsp3) is 0.571. The van der Waals surface area contributed by atoms with Gasteiger partial charge in [0.2, 0.25) is 4.99 Å². The van der Waals surface area contributed by atoms with Crippen LogP contribution in [0.3, 0.4) is 0 Å². The summed E-state index contributed by atoms with van der Waals surface area (Å²) >= 11 is 0. The lowest BCUT2D eigenvalue weighted by molar-refractivity contribution is -0.159. The van der Waals surface area contributed by atoms with Gasteiger partial charge in [0, 0.05) is 0 Å². The normalized spacial score (nSPS) is 14.4. The van der Waals surface area contributed by atoms with Crippen molar-refractivity contribution < 1.29 is 57.0 Å². The van der Waals surface area contributed by atoms with Crippen molar-refractivity contribution in [3.05, 3.63) is 0 Å². The molecular weight excluding hydrogens is 339 g/mol. The quantitative estimate of drug-likeness (QED) is 0.215. The lowest BCUT2D eigenvalue weighted by Gasteiger charge is -2.32. The first-order chi connectivity index (χ1) is 9.14. The second-order valence-corrected chi connectivity index (χ2v) is 7.60. The molecule has 0 amide bonds. The van der Waals surface area contributed by atoms with Crippen molar-refractivity contribution in [3.63, 3.8) is 0 Å². The minimum atomic E-state index is -5.93. The van der Waals surface area contributed by atoms with Crippen LogP contribution in [0.1, 0.15) is 12.8 Å². The Morgan fingerprint density at radius 3 is 1.48 bits per heavy atom. The van der Waals surface area contributed by atoms with Crippen molar-refractivity contribution in [2.24, 2.45) is 5.41 Å². The minimum Gasteiger partial charge on any atom is -0.481 e. The van der Waals surface area contributed by atoms with Gasteiger partial charge in [0.15, 0.2) is 0 Å². The molecule has 0 spiro atoms. The Labute approximate surface area is 116 Å². The highest BCUT2D eigenvalue weighted by molar-refractivity contribution is 7.93. The van der Waals surface area contributed by atoms with Crippen LogP contribution >= 0.6 is 7.60 Å². The van der Waals surface area contributed by atoms with E-state index in [2.05, 4.69) is 0 Å². The van der Waals surface area contributed by atoms with Gasteiger partial charge < -0.3 is 25.1 Å². The Morgan fingerprint density at radius 2 is 1.33 bits per heavy atom. The highest BCUT2D eigenvalue weighted by atomic mass is 32.2. The van der Waals surface area contributed by atoms with Gasteiger partial charge in [0.05, 0.1) is 12.8 Å². The van der Waals surface area contributed by atoms with Crippen molar-refractivity contribution >= 4 is 35.6 Å². The molecule has 21 heavy (non-hydrogen) atoms. The van der Waals surface area contributed by atoms with Crippen LogP contribution in [0.15, 0.2) is 0 Å². The maximum absolute atomic E-state index is 11.2. The van der Waals surface area contributed by atoms with Crippen molar-refractivity contribution in [2.75, 3.05) is 0 Å². The van der Waals surface area contributed by atoms with Crippen LogP contribution in [-0.4, -0.2) is 61.0 Å². The topological polar surface area (TPSA) is 224 Å².